The van der Waals surface area contributed by atoms with Gasteiger partial charge in [0.25, 0.3) is 5.91 Å². The van der Waals surface area contributed by atoms with E-state index in [1.54, 1.807) is 4.90 Å². The number of fused-ring (bicyclic) bond motifs is 1. The number of ether oxygens (including phenoxy) is 1. The molecule has 0 N–H and O–H groups in total. The van der Waals surface area contributed by atoms with Gasteiger partial charge in [-0.3, -0.25) is 9.69 Å². The van der Waals surface area contributed by atoms with Gasteiger partial charge in [-0.25, -0.2) is 0 Å². The topological polar surface area (TPSA) is 29.5 Å². The molecule has 1 amide bonds. The van der Waals surface area contributed by atoms with Crippen LogP contribution in [0.4, 0.5) is 5.69 Å². The number of nitrogens with zero attached hydrogens (tertiary/aromatic N) is 1. The van der Waals surface area contributed by atoms with Gasteiger partial charge in [0.1, 0.15) is 12.4 Å². The standard InChI is InChI=1S/C23H19NO2/c1-17-11-13-19(14-12-17)26-16-15-22-20-9-5-6-10-21(20)23(25)24(22)18-7-3-2-4-8-18/h2-15H,16H2,1H3. The molecule has 26 heavy (non-hydrogen) atoms. The van der Waals surface area contributed by atoms with E-state index >= 15 is 0 Å². The zero-order valence-corrected chi connectivity index (χ0v) is 14.6. The summed E-state index contributed by atoms with van der Waals surface area (Å²) in [6, 6.07) is 25.4. The van der Waals surface area contributed by atoms with Crippen LogP contribution < -0.4 is 9.64 Å². The average molecular weight is 341 g/mol. The molecule has 0 spiro atoms. The van der Waals surface area contributed by atoms with Crippen LogP contribution in [0.15, 0.2) is 84.9 Å². The van der Waals surface area contributed by atoms with Crippen LogP contribution in [0, 0.1) is 6.92 Å². The lowest BCUT2D eigenvalue weighted by molar-refractivity contribution is 0.101. The second-order valence-electron chi connectivity index (χ2n) is 6.24. The van der Waals surface area contributed by atoms with Crippen molar-refractivity contribution >= 4 is 17.3 Å². The fraction of sp³-hybridized carbons (Fsp3) is 0.0870. The average Bonchev–Trinajstić information content (AvgIpc) is 2.96. The van der Waals surface area contributed by atoms with Crippen LogP contribution in [0.1, 0.15) is 21.5 Å². The van der Waals surface area contributed by atoms with Gasteiger partial charge in [-0.05, 0) is 43.3 Å². The van der Waals surface area contributed by atoms with E-state index in [0.717, 1.165) is 28.3 Å². The van der Waals surface area contributed by atoms with Gasteiger partial charge in [0.2, 0.25) is 0 Å². The van der Waals surface area contributed by atoms with Crippen molar-refractivity contribution in [3.05, 3.63) is 102 Å². The molecule has 0 saturated heterocycles. The van der Waals surface area contributed by atoms with Crippen molar-refractivity contribution in [2.75, 3.05) is 11.5 Å². The maximum Gasteiger partial charge on any atom is 0.263 e. The summed E-state index contributed by atoms with van der Waals surface area (Å²) < 4.78 is 5.84. The largest absolute Gasteiger partial charge is 0.489 e. The Balaban J connectivity index is 1.66. The lowest BCUT2D eigenvalue weighted by atomic mass is 10.1. The minimum Gasteiger partial charge on any atom is -0.489 e. The number of hydrogen-bond acceptors (Lipinski definition) is 2. The Morgan fingerprint density at radius 3 is 2.23 bits per heavy atom. The maximum atomic E-state index is 12.9. The number of benzene rings is 3. The summed E-state index contributed by atoms with van der Waals surface area (Å²) in [5, 5.41) is 0. The van der Waals surface area contributed by atoms with E-state index in [-0.39, 0.29) is 5.91 Å². The fourth-order valence-corrected chi connectivity index (χ4v) is 3.13. The summed E-state index contributed by atoms with van der Waals surface area (Å²) in [4.78, 5) is 14.7. The molecule has 3 aromatic rings. The third-order valence-electron chi connectivity index (χ3n) is 4.44. The molecule has 3 aromatic carbocycles. The Morgan fingerprint density at radius 1 is 0.846 bits per heavy atom. The van der Waals surface area contributed by atoms with Gasteiger partial charge in [-0.1, -0.05) is 54.1 Å². The van der Waals surface area contributed by atoms with Crippen LogP contribution in [0.3, 0.4) is 0 Å². The molecule has 1 aliphatic heterocycles. The lowest BCUT2D eigenvalue weighted by Crippen LogP contribution is -2.22. The summed E-state index contributed by atoms with van der Waals surface area (Å²) in [5.74, 6) is 0.810. The van der Waals surface area contributed by atoms with Gasteiger partial charge < -0.3 is 4.74 Å². The summed E-state index contributed by atoms with van der Waals surface area (Å²) in [7, 11) is 0. The SMILES string of the molecule is Cc1ccc(OCC=C2c3ccccc3C(=O)N2c2ccccc2)cc1. The first-order chi connectivity index (χ1) is 12.7. The molecule has 0 aliphatic carbocycles. The number of amides is 1. The molecular formula is C23H19NO2. The molecule has 128 valence electrons. The van der Waals surface area contributed by atoms with Crippen molar-refractivity contribution in [3.8, 4) is 5.75 Å². The monoisotopic (exact) mass is 341 g/mol. The second-order valence-corrected chi connectivity index (χ2v) is 6.24. The van der Waals surface area contributed by atoms with E-state index < -0.39 is 0 Å². The summed E-state index contributed by atoms with van der Waals surface area (Å²) in [6.07, 6.45) is 1.97. The molecule has 0 bridgehead atoms. The van der Waals surface area contributed by atoms with Crippen LogP contribution in [0.25, 0.3) is 5.70 Å². The van der Waals surface area contributed by atoms with Crippen LogP contribution in [0.2, 0.25) is 0 Å². The van der Waals surface area contributed by atoms with Crippen molar-refractivity contribution < 1.29 is 9.53 Å². The minimum atomic E-state index is -0.00612. The molecular weight excluding hydrogens is 322 g/mol. The first-order valence-electron chi connectivity index (χ1n) is 8.62. The van der Waals surface area contributed by atoms with Gasteiger partial charge in [0.15, 0.2) is 0 Å². The van der Waals surface area contributed by atoms with Gasteiger partial charge in [0, 0.05) is 16.8 Å². The molecule has 0 unspecified atom stereocenters. The predicted molar refractivity (Wildman–Crippen MR) is 104 cm³/mol. The smallest absolute Gasteiger partial charge is 0.263 e. The van der Waals surface area contributed by atoms with Crippen molar-refractivity contribution in [2.45, 2.75) is 6.92 Å². The zero-order valence-electron chi connectivity index (χ0n) is 14.6. The Morgan fingerprint density at radius 2 is 1.50 bits per heavy atom. The number of carbonyl (C=O) groups is 1. The lowest BCUT2D eigenvalue weighted by Gasteiger charge is -2.18. The molecule has 0 aromatic heterocycles. The Labute approximate surface area is 153 Å². The number of carbonyl (C=O) groups excluding carboxylic acids is 1. The maximum absolute atomic E-state index is 12.9. The van der Waals surface area contributed by atoms with Crippen molar-refractivity contribution in [3.63, 3.8) is 0 Å². The zero-order chi connectivity index (χ0) is 17.9. The first kappa shape index (κ1) is 16.2. The molecule has 4 rings (SSSR count). The third-order valence-corrected chi connectivity index (χ3v) is 4.44. The fourth-order valence-electron chi connectivity index (χ4n) is 3.13. The molecule has 0 radical (unpaired) electrons. The highest BCUT2D eigenvalue weighted by Gasteiger charge is 2.32. The highest BCUT2D eigenvalue weighted by molar-refractivity contribution is 6.22. The molecule has 0 saturated carbocycles. The number of hydrogen-bond donors (Lipinski definition) is 0. The van der Waals surface area contributed by atoms with Crippen LogP contribution in [0.5, 0.6) is 5.75 Å². The second kappa shape index (κ2) is 6.89. The summed E-state index contributed by atoms with van der Waals surface area (Å²) >= 11 is 0. The number of para-hydroxylation sites is 1. The van der Waals surface area contributed by atoms with Crippen LogP contribution in [-0.2, 0) is 0 Å². The molecule has 3 heteroatoms. The van der Waals surface area contributed by atoms with E-state index in [2.05, 4.69) is 0 Å². The Hall–Kier alpha value is -3.33. The van der Waals surface area contributed by atoms with E-state index in [9.17, 15) is 4.79 Å². The van der Waals surface area contributed by atoms with Crippen molar-refractivity contribution in [1.82, 2.24) is 0 Å². The Bertz CT molecular complexity index is 959. The van der Waals surface area contributed by atoms with Crippen molar-refractivity contribution in [1.29, 1.82) is 0 Å². The van der Waals surface area contributed by atoms with Crippen molar-refractivity contribution in [2.24, 2.45) is 0 Å². The van der Waals surface area contributed by atoms with E-state index in [1.165, 1.54) is 5.56 Å². The predicted octanol–water partition coefficient (Wildman–Crippen LogP) is 5.08. The van der Waals surface area contributed by atoms with Gasteiger partial charge >= 0.3 is 0 Å². The third kappa shape index (κ3) is 3.00. The molecule has 0 fully saturated rings. The van der Waals surface area contributed by atoms with Gasteiger partial charge in [0.05, 0.1) is 5.70 Å². The highest BCUT2D eigenvalue weighted by atomic mass is 16.5. The number of aryl methyl sites for hydroxylation is 1. The van der Waals surface area contributed by atoms with Gasteiger partial charge in [-0.2, -0.15) is 0 Å². The van der Waals surface area contributed by atoms with E-state index in [4.69, 9.17) is 4.74 Å². The highest BCUT2D eigenvalue weighted by Crippen LogP contribution is 2.36. The van der Waals surface area contributed by atoms with Crippen LogP contribution in [-0.4, -0.2) is 12.5 Å². The molecule has 3 nitrogen and oxygen atoms in total. The Kier molecular flexibility index (Phi) is 4.28. The first-order valence-corrected chi connectivity index (χ1v) is 8.62. The van der Waals surface area contributed by atoms with E-state index in [1.807, 2.05) is 91.9 Å². The van der Waals surface area contributed by atoms with Crippen LogP contribution >= 0.6 is 0 Å². The molecule has 1 aliphatic rings. The summed E-state index contributed by atoms with van der Waals surface area (Å²) in [5.41, 5.74) is 4.58. The number of rotatable bonds is 4. The minimum absolute atomic E-state index is 0.00612. The molecule has 0 atom stereocenters. The molecule has 1 heterocycles. The van der Waals surface area contributed by atoms with E-state index in [0.29, 0.717) is 6.61 Å². The summed E-state index contributed by atoms with van der Waals surface area (Å²) in [6.45, 7) is 2.44. The normalized spacial score (nSPS) is 14.6. The quantitative estimate of drug-likeness (QED) is 0.662. The number of anilines is 1. The van der Waals surface area contributed by atoms with Gasteiger partial charge in [-0.15, -0.1) is 0 Å².